The highest BCUT2D eigenvalue weighted by Crippen LogP contribution is 2.34. The molecule has 0 bridgehead atoms. The van der Waals surface area contributed by atoms with Gasteiger partial charge in [-0.1, -0.05) is 35.8 Å². The second-order valence-electron chi connectivity index (χ2n) is 8.73. The fourth-order valence-electron chi connectivity index (χ4n) is 4.39. The lowest BCUT2D eigenvalue weighted by Crippen LogP contribution is -2.29. The summed E-state index contributed by atoms with van der Waals surface area (Å²) < 4.78 is 27.2. The lowest BCUT2D eigenvalue weighted by atomic mass is 9.98. The second-order valence-corrected chi connectivity index (χ2v) is 9.14. The first-order valence-electron chi connectivity index (χ1n) is 11.9. The Hall–Kier alpha value is -4.31. The van der Waals surface area contributed by atoms with Crippen LogP contribution in [0.15, 0.2) is 59.6 Å². The first-order valence-corrected chi connectivity index (χ1v) is 12.3. The minimum absolute atomic E-state index is 0.0266. The summed E-state index contributed by atoms with van der Waals surface area (Å²) in [6, 6.07) is 11.1. The molecular weight excluding hydrogens is 511 g/mol. The molecule has 1 atom stereocenters. The molecule has 194 valence electrons. The van der Waals surface area contributed by atoms with Crippen molar-refractivity contribution in [3.63, 3.8) is 0 Å². The van der Waals surface area contributed by atoms with E-state index >= 15 is 0 Å². The topological polar surface area (TPSA) is 108 Å². The van der Waals surface area contributed by atoms with E-state index in [2.05, 4.69) is 20.6 Å². The van der Waals surface area contributed by atoms with Crippen molar-refractivity contribution in [3.8, 4) is 17.1 Å². The van der Waals surface area contributed by atoms with Crippen LogP contribution in [-0.4, -0.2) is 30.8 Å². The first kappa shape index (κ1) is 25.3. The SMILES string of the molecule is CC[C@H](NC(=O)c1ccon1)c1cc(F)cc(Cl)c1COc1cccc2c(-c3ncnn3C)cc(C)nc12. The largest absolute Gasteiger partial charge is 0.487 e. The van der Waals surface area contributed by atoms with E-state index in [-0.39, 0.29) is 17.3 Å². The molecule has 0 spiro atoms. The van der Waals surface area contributed by atoms with Gasteiger partial charge in [-0.05, 0) is 43.2 Å². The molecule has 3 aromatic heterocycles. The van der Waals surface area contributed by atoms with Gasteiger partial charge in [0.15, 0.2) is 11.5 Å². The van der Waals surface area contributed by atoms with Crippen LogP contribution in [0, 0.1) is 12.7 Å². The third-order valence-corrected chi connectivity index (χ3v) is 6.55. The quantitative estimate of drug-likeness (QED) is 0.277. The number of carbonyl (C=O) groups excluding carboxylic acids is 1. The van der Waals surface area contributed by atoms with Gasteiger partial charge in [0.25, 0.3) is 5.91 Å². The van der Waals surface area contributed by atoms with Crippen LogP contribution in [0.3, 0.4) is 0 Å². The lowest BCUT2D eigenvalue weighted by molar-refractivity contribution is 0.0926. The van der Waals surface area contributed by atoms with Crippen molar-refractivity contribution < 1.29 is 18.4 Å². The van der Waals surface area contributed by atoms with E-state index in [1.165, 1.54) is 30.8 Å². The van der Waals surface area contributed by atoms with E-state index in [4.69, 9.17) is 25.8 Å². The number of rotatable bonds is 8. The first-order chi connectivity index (χ1) is 18.4. The minimum atomic E-state index is -0.540. The average Bonchev–Trinajstić information content (AvgIpc) is 3.58. The standard InChI is InChI=1S/C27H24ClFN6O3/c1-4-22(33-27(36)23-8-9-38-34-23)18-11-16(29)12-21(28)20(18)13-37-24-7-5-6-17-19(10-15(2)32-25(17)24)26-30-14-31-35(26)3/h5-12,14,22H,4,13H2,1-3H3,(H,33,36)/t22-/m0/s1. The molecule has 0 saturated carbocycles. The Morgan fingerprint density at radius 1 is 1.26 bits per heavy atom. The number of nitrogens with one attached hydrogen (secondary N) is 1. The maximum Gasteiger partial charge on any atom is 0.273 e. The molecule has 0 saturated heterocycles. The van der Waals surface area contributed by atoms with Gasteiger partial charge in [-0.15, -0.1) is 0 Å². The molecule has 0 fully saturated rings. The molecule has 5 rings (SSSR count). The van der Waals surface area contributed by atoms with Crippen molar-refractivity contribution in [1.82, 2.24) is 30.2 Å². The number of hydrogen-bond donors (Lipinski definition) is 1. The van der Waals surface area contributed by atoms with Crippen molar-refractivity contribution >= 4 is 28.4 Å². The number of aryl methyl sites for hydroxylation is 2. The smallest absolute Gasteiger partial charge is 0.273 e. The number of halogens is 2. The van der Waals surface area contributed by atoms with Gasteiger partial charge in [0.1, 0.15) is 36.3 Å². The normalized spacial score (nSPS) is 12.0. The third-order valence-electron chi connectivity index (χ3n) is 6.21. The Morgan fingerprint density at radius 2 is 2.11 bits per heavy atom. The van der Waals surface area contributed by atoms with E-state index in [0.29, 0.717) is 34.6 Å². The minimum Gasteiger partial charge on any atom is -0.487 e. The molecule has 0 aliphatic rings. The summed E-state index contributed by atoms with van der Waals surface area (Å²) in [4.78, 5) is 21.7. The molecule has 0 aliphatic carbocycles. The Kier molecular flexibility index (Phi) is 7.06. The lowest BCUT2D eigenvalue weighted by Gasteiger charge is -2.22. The maximum atomic E-state index is 14.5. The van der Waals surface area contributed by atoms with Crippen LogP contribution in [0.2, 0.25) is 5.02 Å². The Bertz CT molecular complexity index is 1620. The van der Waals surface area contributed by atoms with Crippen LogP contribution >= 0.6 is 11.6 Å². The molecule has 0 aliphatic heterocycles. The molecule has 5 aromatic rings. The zero-order valence-corrected chi connectivity index (χ0v) is 21.7. The number of ether oxygens (including phenoxy) is 1. The number of hydrogen-bond acceptors (Lipinski definition) is 7. The number of benzene rings is 2. The van der Waals surface area contributed by atoms with Crippen LogP contribution in [0.1, 0.15) is 46.7 Å². The Labute approximate surface area is 222 Å². The van der Waals surface area contributed by atoms with Gasteiger partial charge in [0.2, 0.25) is 0 Å². The molecule has 11 heteroatoms. The zero-order valence-electron chi connectivity index (χ0n) is 20.9. The Balaban J connectivity index is 1.49. The van der Waals surface area contributed by atoms with Crippen molar-refractivity contribution in [2.24, 2.45) is 7.05 Å². The number of para-hydroxylation sites is 1. The van der Waals surface area contributed by atoms with Gasteiger partial charge in [-0.3, -0.25) is 4.79 Å². The summed E-state index contributed by atoms with van der Waals surface area (Å²) in [5.74, 6) is 0.275. The maximum absolute atomic E-state index is 14.5. The van der Waals surface area contributed by atoms with Gasteiger partial charge in [0.05, 0.1) is 11.1 Å². The summed E-state index contributed by atoms with van der Waals surface area (Å²) in [7, 11) is 1.83. The zero-order chi connectivity index (χ0) is 26.8. The molecule has 9 nitrogen and oxygen atoms in total. The van der Waals surface area contributed by atoms with E-state index in [1.54, 1.807) is 4.68 Å². The van der Waals surface area contributed by atoms with E-state index < -0.39 is 17.8 Å². The van der Waals surface area contributed by atoms with Gasteiger partial charge >= 0.3 is 0 Å². The number of carbonyl (C=O) groups is 1. The van der Waals surface area contributed by atoms with Crippen molar-refractivity contribution in [3.05, 3.63) is 88.4 Å². The highest BCUT2D eigenvalue weighted by Gasteiger charge is 2.22. The number of fused-ring (bicyclic) bond motifs is 1. The van der Waals surface area contributed by atoms with Gasteiger partial charge in [-0.2, -0.15) is 5.10 Å². The highest BCUT2D eigenvalue weighted by molar-refractivity contribution is 6.31. The molecule has 1 amide bonds. The van der Waals surface area contributed by atoms with Crippen LogP contribution < -0.4 is 10.1 Å². The number of aromatic nitrogens is 5. The number of amides is 1. The molecule has 3 heterocycles. The molecule has 0 unspecified atom stereocenters. The molecular formula is C27H24ClFN6O3. The van der Waals surface area contributed by atoms with Crippen LogP contribution in [0.25, 0.3) is 22.3 Å². The summed E-state index contributed by atoms with van der Waals surface area (Å²) in [6.07, 6.45) is 3.29. The third kappa shape index (κ3) is 4.95. The average molecular weight is 535 g/mol. The predicted molar refractivity (Wildman–Crippen MR) is 139 cm³/mol. The van der Waals surface area contributed by atoms with Crippen LogP contribution in [-0.2, 0) is 13.7 Å². The van der Waals surface area contributed by atoms with E-state index in [1.807, 2.05) is 45.2 Å². The van der Waals surface area contributed by atoms with Crippen molar-refractivity contribution in [2.45, 2.75) is 32.9 Å². The predicted octanol–water partition coefficient (Wildman–Crippen LogP) is 5.58. The molecule has 1 N–H and O–H groups in total. The molecule has 0 radical (unpaired) electrons. The Morgan fingerprint density at radius 3 is 2.82 bits per heavy atom. The fourth-order valence-corrected chi connectivity index (χ4v) is 4.66. The van der Waals surface area contributed by atoms with Gasteiger partial charge in [0, 0.05) is 35.3 Å². The van der Waals surface area contributed by atoms with Gasteiger partial charge < -0.3 is 14.6 Å². The van der Waals surface area contributed by atoms with E-state index in [0.717, 1.165) is 16.6 Å². The van der Waals surface area contributed by atoms with Crippen LogP contribution in [0.4, 0.5) is 4.39 Å². The summed E-state index contributed by atoms with van der Waals surface area (Å²) in [5.41, 5.74) is 3.50. The van der Waals surface area contributed by atoms with Crippen LogP contribution in [0.5, 0.6) is 5.75 Å². The van der Waals surface area contributed by atoms with Crippen molar-refractivity contribution in [1.29, 1.82) is 0 Å². The fraction of sp³-hybridized carbons (Fsp3) is 0.222. The number of pyridine rings is 1. The molecule has 38 heavy (non-hydrogen) atoms. The number of nitrogens with zero attached hydrogens (tertiary/aromatic N) is 5. The van der Waals surface area contributed by atoms with Crippen molar-refractivity contribution in [2.75, 3.05) is 0 Å². The molecule has 2 aromatic carbocycles. The van der Waals surface area contributed by atoms with Gasteiger partial charge in [-0.25, -0.2) is 19.0 Å². The monoisotopic (exact) mass is 534 g/mol. The second kappa shape index (κ2) is 10.6. The van der Waals surface area contributed by atoms with E-state index in [9.17, 15) is 9.18 Å². The summed E-state index contributed by atoms with van der Waals surface area (Å²) >= 11 is 6.50. The summed E-state index contributed by atoms with van der Waals surface area (Å²) in [6.45, 7) is 3.80. The highest BCUT2D eigenvalue weighted by atomic mass is 35.5. The summed E-state index contributed by atoms with van der Waals surface area (Å²) in [5, 5.41) is 11.8.